The minimum Gasteiger partial charge on any atom is -0.459 e. The van der Waals surface area contributed by atoms with E-state index in [1.165, 1.54) is 0 Å². The Balaban J connectivity index is 1.68. The Bertz CT molecular complexity index is 993. The number of rotatable bonds is 11. The molecule has 3 rings (SSSR count). The Morgan fingerprint density at radius 2 is 1.72 bits per heavy atom. The highest BCUT2D eigenvalue weighted by Crippen LogP contribution is 2.28. The molecule has 0 aromatic heterocycles. The monoisotopic (exact) mass is 542 g/mol. The molecule has 1 aromatic rings. The van der Waals surface area contributed by atoms with Crippen molar-refractivity contribution in [3.8, 4) is 0 Å². The average Bonchev–Trinajstić information content (AvgIpc) is 3.57. The summed E-state index contributed by atoms with van der Waals surface area (Å²) in [7, 11) is 1.78. The fourth-order valence-corrected chi connectivity index (χ4v) is 5.76. The van der Waals surface area contributed by atoms with Crippen LogP contribution in [-0.4, -0.2) is 89.7 Å². The van der Waals surface area contributed by atoms with Crippen molar-refractivity contribution >= 4 is 24.2 Å². The third-order valence-corrected chi connectivity index (χ3v) is 8.06. The number of likely N-dealkylation sites (N-methyl/N-ethyl adjacent to an activating group) is 1. The van der Waals surface area contributed by atoms with Crippen LogP contribution in [0.2, 0.25) is 0 Å². The van der Waals surface area contributed by atoms with E-state index in [2.05, 4.69) is 24.1 Å². The van der Waals surface area contributed by atoms with Crippen LogP contribution in [-0.2, 0) is 30.5 Å². The van der Waals surface area contributed by atoms with Gasteiger partial charge in [0.2, 0.25) is 18.2 Å². The zero-order chi connectivity index (χ0) is 28.7. The number of hydrogen-bond acceptors (Lipinski definition) is 6. The number of ether oxygens (including phenoxy) is 1. The number of esters is 1. The molecule has 2 heterocycles. The summed E-state index contributed by atoms with van der Waals surface area (Å²) in [6.07, 6.45) is 3.57. The Morgan fingerprint density at radius 1 is 1.08 bits per heavy atom. The lowest BCUT2D eigenvalue weighted by atomic mass is 9.85. The first-order valence-electron chi connectivity index (χ1n) is 14.2. The Hall–Kier alpha value is -2.94. The highest BCUT2D eigenvalue weighted by Gasteiger charge is 2.43. The molecule has 2 saturated heterocycles. The maximum atomic E-state index is 13.8. The molecule has 0 bridgehead atoms. The maximum Gasteiger partial charge on any atom is 0.329 e. The highest BCUT2D eigenvalue weighted by molar-refractivity contribution is 5.88. The van der Waals surface area contributed by atoms with Crippen LogP contribution in [0.15, 0.2) is 30.3 Å². The van der Waals surface area contributed by atoms with Crippen LogP contribution in [0.25, 0.3) is 0 Å². The van der Waals surface area contributed by atoms with Gasteiger partial charge in [-0.2, -0.15) is 0 Å². The summed E-state index contributed by atoms with van der Waals surface area (Å²) >= 11 is 0. The van der Waals surface area contributed by atoms with Crippen LogP contribution in [0.4, 0.5) is 0 Å². The molecule has 0 spiro atoms. The number of nitrogens with zero attached hydrogens (tertiary/aromatic N) is 3. The number of amides is 3. The first kappa shape index (κ1) is 30.6. The smallest absolute Gasteiger partial charge is 0.329 e. The van der Waals surface area contributed by atoms with Crippen molar-refractivity contribution in [2.75, 3.05) is 26.7 Å². The molecule has 216 valence electrons. The van der Waals surface area contributed by atoms with Gasteiger partial charge in [0.1, 0.15) is 18.7 Å². The van der Waals surface area contributed by atoms with E-state index in [-0.39, 0.29) is 42.4 Å². The van der Waals surface area contributed by atoms with Crippen molar-refractivity contribution in [1.29, 1.82) is 0 Å². The molecular weight excluding hydrogens is 496 g/mol. The number of benzene rings is 1. The standard InChI is InChI=1S/C30H46N4O5/c1-21(2)25(32(6)28(37)26(31-20-35)30(3,4)5)18-33-16-10-14-23(33)27(36)34-17-11-15-24(34)29(38)39-19-22-12-8-7-9-13-22/h7-9,12-13,20-21,23-26H,10-11,14-19H2,1-6H3,(H,31,35)/t23-,24?,25?,26?/m0/s1. The molecule has 9 heteroatoms. The molecule has 3 unspecified atom stereocenters. The van der Waals surface area contributed by atoms with Gasteiger partial charge in [0.25, 0.3) is 0 Å². The second kappa shape index (κ2) is 13.4. The zero-order valence-electron chi connectivity index (χ0n) is 24.4. The topological polar surface area (TPSA) is 99.3 Å². The lowest BCUT2D eigenvalue weighted by Crippen LogP contribution is -2.58. The summed E-state index contributed by atoms with van der Waals surface area (Å²) in [4.78, 5) is 57.0. The molecule has 0 saturated carbocycles. The number of carbonyl (C=O) groups is 4. The van der Waals surface area contributed by atoms with Crippen molar-refractivity contribution in [3.05, 3.63) is 35.9 Å². The van der Waals surface area contributed by atoms with Crippen molar-refractivity contribution in [2.45, 2.75) is 91.1 Å². The third-order valence-electron chi connectivity index (χ3n) is 8.06. The average molecular weight is 543 g/mol. The molecule has 0 radical (unpaired) electrons. The van der Waals surface area contributed by atoms with Crippen LogP contribution in [0, 0.1) is 11.3 Å². The molecule has 1 N–H and O–H groups in total. The van der Waals surface area contributed by atoms with Crippen molar-refractivity contribution in [3.63, 3.8) is 0 Å². The van der Waals surface area contributed by atoms with Gasteiger partial charge in [0, 0.05) is 26.2 Å². The fourth-order valence-electron chi connectivity index (χ4n) is 5.76. The zero-order valence-corrected chi connectivity index (χ0v) is 24.4. The van der Waals surface area contributed by atoms with Crippen LogP contribution >= 0.6 is 0 Å². The molecule has 3 amide bonds. The van der Waals surface area contributed by atoms with Crippen molar-refractivity contribution in [1.82, 2.24) is 20.0 Å². The van der Waals surface area contributed by atoms with E-state index in [0.29, 0.717) is 25.9 Å². The van der Waals surface area contributed by atoms with Gasteiger partial charge in [0.05, 0.1) is 6.04 Å². The summed E-state index contributed by atoms with van der Waals surface area (Å²) in [6, 6.07) is 7.86. The summed E-state index contributed by atoms with van der Waals surface area (Å²) in [5, 5.41) is 2.70. The fraction of sp³-hybridized carbons (Fsp3) is 0.667. The lowest BCUT2D eigenvalue weighted by Gasteiger charge is -2.40. The van der Waals surface area contributed by atoms with Gasteiger partial charge < -0.3 is 19.9 Å². The largest absolute Gasteiger partial charge is 0.459 e. The molecule has 2 aliphatic rings. The van der Waals surface area contributed by atoms with E-state index >= 15 is 0 Å². The number of hydrogen-bond donors (Lipinski definition) is 1. The SMILES string of the molecule is CC(C)C(CN1CCC[C@H]1C(=O)N1CCCC1C(=O)OCc1ccccc1)N(C)C(=O)C(NC=O)C(C)(C)C. The van der Waals surface area contributed by atoms with Gasteiger partial charge in [-0.25, -0.2) is 4.79 Å². The summed E-state index contributed by atoms with van der Waals surface area (Å²) in [5.74, 6) is -0.385. The molecule has 9 nitrogen and oxygen atoms in total. The first-order chi connectivity index (χ1) is 18.5. The minimum absolute atomic E-state index is 0.0293. The van der Waals surface area contributed by atoms with Crippen LogP contribution in [0.5, 0.6) is 0 Å². The van der Waals surface area contributed by atoms with E-state index in [1.54, 1.807) is 16.8 Å². The predicted octanol–water partition coefficient (Wildman–Crippen LogP) is 2.83. The Kier molecular flexibility index (Phi) is 10.5. The second-order valence-corrected chi connectivity index (χ2v) is 12.3. The molecule has 2 aliphatic heterocycles. The molecule has 0 aliphatic carbocycles. The second-order valence-electron chi connectivity index (χ2n) is 12.3. The van der Waals surface area contributed by atoms with E-state index in [9.17, 15) is 19.2 Å². The van der Waals surface area contributed by atoms with Gasteiger partial charge >= 0.3 is 5.97 Å². The van der Waals surface area contributed by atoms with E-state index in [0.717, 1.165) is 31.4 Å². The normalized spacial score (nSPS) is 21.5. The van der Waals surface area contributed by atoms with Crippen molar-refractivity contribution < 1.29 is 23.9 Å². The van der Waals surface area contributed by atoms with Crippen LogP contribution in [0.1, 0.15) is 65.9 Å². The van der Waals surface area contributed by atoms with Crippen LogP contribution < -0.4 is 5.32 Å². The van der Waals surface area contributed by atoms with E-state index in [1.807, 2.05) is 51.1 Å². The van der Waals surface area contributed by atoms with E-state index in [4.69, 9.17) is 4.74 Å². The van der Waals surface area contributed by atoms with Crippen LogP contribution in [0.3, 0.4) is 0 Å². The van der Waals surface area contributed by atoms with E-state index < -0.39 is 17.5 Å². The minimum atomic E-state index is -0.649. The summed E-state index contributed by atoms with van der Waals surface area (Å²) in [6.45, 7) is 12.0. The predicted molar refractivity (Wildman–Crippen MR) is 149 cm³/mol. The number of nitrogens with one attached hydrogen (secondary N) is 1. The molecule has 39 heavy (non-hydrogen) atoms. The molecular formula is C30H46N4O5. The molecule has 4 atom stereocenters. The summed E-state index contributed by atoms with van der Waals surface area (Å²) in [5.41, 5.74) is 0.471. The summed E-state index contributed by atoms with van der Waals surface area (Å²) < 4.78 is 5.58. The van der Waals surface area contributed by atoms with Gasteiger partial charge in [0.15, 0.2) is 0 Å². The molecule has 2 fully saturated rings. The first-order valence-corrected chi connectivity index (χ1v) is 14.2. The Labute approximate surface area is 233 Å². The molecule has 1 aromatic carbocycles. The number of carbonyl (C=O) groups excluding carboxylic acids is 4. The van der Waals surface area contributed by atoms with Crippen molar-refractivity contribution in [2.24, 2.45) is 11.3 Å². The van der Waals surface area contributed by atoms with Gasteiger partial charge in [-0.3, -0.25) is 19.3 Å². The highest BCUT2D eigenvalue weighted by atomic mass is 16.5. The van der Waals surface area contributed by atoms with Gasteiger partial charge in [-0.15, -0.1) is 0 Å². The van der Waals surface area contributed by atoms with Gasteiger partial charge in [-0.1, -0.05) is 65.0 Å². The Morgan fingerprint density at radius 3 is 2.33 bits per heavy atom. The number of likely N-dealkylation sites (tertiary alicyclic amines) is 2. The maximum absolute atomic E-state index is 13.8. The third kappa shape index (κ3) is 7.59. The van der Waals surface area contributed by atoms with Gasteiger partial charge in [-0.05, 0) is 49.1 Å². The lowest BCUT2D eigenvalue weighted by molar-refractivity contribution is -0.156. The quantitative estimate of drug-likeness (QED) is 0.341.